The first kappa shape index (κ1) is 20.4. The van der Waals surface area contributed by atoms with Crippen LogP contribution in [0.5, 0.6) is 0 Å². The lowest BCUT2D eigenvalue weighted by Gasteiger charge is -2.32. The zero-order valence-corrected chi connectivity index (χ0v) is 14.8. The van der Waals surface area contributed by atoms with Gasteiger partial charge in [-0.05, 0) is 6.42 Å². The Bertz CT molecular complexity index is 718. The van der Waals surface area contributed by atoms with Crippen molar-refractivity contribution in [1.29, 1.82) is 0 Å². The molecule has 2 aliphatic heterocycles. The summed E-state index contributed by atoms with van der Waals surface area (Å²) in [6.07, 6.45) is 0.500. The quantitative estimate of drug-likeness (QED) is 0.611. The monoisotopic (exact) mass is 403 g/mol. The van der Waals surface area contributed by atoms with E-state index < -0.39 is 38.2 Å². The van der Waals surface area contributed by atoms with Gasteiger partial charge in [-0.1, -0.05) is 0 Å². The molecule has 0 amide bonds. The molecule has 0 aromatic heterocycles. The second-order valence-electron chi connectivity index (χ2n) is 5.89. The van der Waals surface area contributed by atoms with Crippen molar-refractivity contribution in [1.82, 2.24) is 14.5 Å². The SMILES string of the molecule is Cl.O=S(=O)(c1c(F)c(F)cc(F)c1F)N1CCC(N2CCNCC2)C1. The highest BCUT2D eigenvalue weighted by Crippen LogP contribution is 2.29. The van der Waals surface area contributed by atoms with Gasteiger partial charge in [0, 0.05) is 51.4 Å². The Morgan fingerprint density at radius 2 is 1.56 bits per heavy atom. The number of rotatable bonds is 3. The van der Waals surface area contributed by atoms with Gasteiger partial charge >= 0.3 is 0 Å². The zero-order chi connectivity index (χ0) is 17.5. The van der Waals surface area contributed by atoms with Crippen LogP contribution in [-0.2, 0) is 10.0 Å². The first-order chi connectivity index (χ1) is 11.3. The molecule has 2 saturated heterocycles. The molecule has 3 rings (SSSR count). The minimum atomic E-state index is -4.66. The Morgan fingerprint density at radius 1 is 1.00 bits per heavy atom. The minimum Gasteiger partial charge on any atom is -0.314 e. The molecule has 0 saturated carbocycles. The number of nitrogens with one attached hydrogen (secondary N) is 1. The smallest absolute Gasteiger partial charge is 0.249 e. The molecule has 2 aliphatic rings. The maximum Gasteiger partial charge on any atom is 0.249 e. The normalized spacial score (nSPS) is 22.8. The predicted molar refractivity (Wildman–Crippen MR) is 85.1 cm³/mol. The van der Waals surface area contributed by atoms with Crippen molar-refractivity contribution in [2.75, 3.05) is 39.3 Å². The standard InChI is InChI=1S/C14H17F4N3O2S.ClH/c15-10-7-11(16)13(18)14(12(10)17)24(22,23)21-4-1-9(8-21)20-5-2-19-3-6-20;/h7,9,19H,1-6,8H2;1H. The Hall–Kier alpha value is -0.940. The lowest BCUT2D eigenvalue weighted by atomic mass is 10.2. The van der Waals surface area contributed by atoms with Crippen LogP contribution in [-0.4, -0.2) is 62.9 Å². The fourth-order valence-electron chi connectivity index (χ4n) is 3.18. The maximum atomic E-state index is 13.8. The molecule has 1 N–H and O–H groups in total. The number of benzene rings is 1. The molecule has 0 bridgehead atoms. The van der Waals surface area contributed by atoms with E-state index in [2.05, 4.69) is 10.2 Å². The topological polar surface area (TPSA) is 52.7 Å². The average Bonchev–Trinajstić information content (AvgIpc) is 3.05. The minimum absolute atomic E-state index is 0. The molecule has 142 valence electrons. The molecule has 2 fully saturated rings. The van der Waals surface area contributed by atoms with Crippen LogP contribution in [0.15, 0.2) is 11.0 Å². The number of halogens is 5. The first-order valence-electron chi connectivity index (χ1n) is 7.60. The van der Waals surface area contributed by atoms with Gasteiger partial charge in [0.05, 0.1) is 0 Å². The maximum absolute atomic E-state index is 13.8. The molecule has 11 heteroatoms. The molecular weight excluding hydrogens is 386 g/mol. The lowest BCUT2D eigenvalue weighted by Crippen LogP contribution is -2.49. The summed E-state index contributed by atoms with van der Waals surface area (Å²) in [6.45, 7) is 3.14. The molecular formula is C14H18ClF4N3O2S. The van der Waals surface area contributed by atoms with Crippen molar-refractivity contribution in [3.8, 4) is 0 Å². The molecule has 1 aromatic carbocycles. The largest absolute Gasteiger partial charge is 0.314 e. The molecule has 2 heterocycles. The van der Waals surface area contributed by atoms with Gasteiger partial charge in [0.1, 0.15) is 0 Å². The van der Waals surface area contributed by atoms with Gasteiger partial charge in [0.15, 0.2) is 28.2 Å². The van der Waals surface area contributed by atoms with Crippen LogP contribution in [0.2, 0.25) is 0 Å². The van der Waals surface area contributed by atoms with E-state index in [9.17, 15) is 26.0 Å². The molecule has 1 aromatic rings. The van der Waals surface area contributed by atoms with E-state index in [4.69, 9.17) is 0 Å². The molecule has 25 heavy (non-hydrogen) atoms. The Labute approximate surface area is 149 Å². The lowest BCUT2D eigenvalue weighted by molar-refractivity contribution is 0.179. The van der Waals surface area contributed by atoms with Crippen molar-refractivity contribution in [2.45, 2.75) is 17.4 Å². The highest BCUT2D eigenvalue weighted by molar-refractivity contribution is 7.89. The third kappa shape index (κ3) is 3.77. The second-order valence-corrected chi connectivity index (χ2v) is 7.76. The number of hydrogen-bond donors (Lipinski definition) is 1. The van der Waals surface area contributed by atoms with Crippen LogP contribution in [0.25, 0.3) is 0 Å². The van der Waals surface area contributed by atoms with Crippen molar-refractivity contribution in [2.24, 2.45) is 0 Å². The van der Waals surface area contributed by atoms with E-state index in [0.717, 1.165) is 30.5 Å². The van der Waals surface area contributed by atoms with Crippen LogP contribution in [0.3, 0.4) is 0 Å². The van der Waals surface area contributed by atoms with Crippen LogP contribution >= 0.6 is 12.4 Å². The van der Waals surface area contributed by atoms with Gasteiger partial charge in [0.2, 0.25) is 10.0 Å². The summed E-state index contributed by atoms with van der Waals surface area (Å²) < 4.78 is 80.2. The Balaban J connectivity index is 0.00000225. The highest BCUT2D eigenvalue weighted by atomic mass is 35.5. The summed E-state index contributed by atoms with van der Waals surface area (Å²) in [4.78, 5) is 0.547. The van der Waals surface area contributed by atoms with E-state index in [1.165, 1.54) is 0 Å². The van der Waals surface area contributed by atoms with Crippen molar-refractivity contribution in [3.63, 3.8) is 0 Å². The van der Waals surface area contributed by atoms with Gasteiger partial charge in [0.25, 0.3) is 0 Å². The number of sulfonamides is 1. The molecule has 0 aliphatic carbocycles. The highest BCUT2D eigenvalue weighted by Gasteiger charge is 2.39. The Morgan fingerprint density at radius 3 is 2.12 bits per heavy atom. The van der Waals surface area contributed by atoms with Gasteiger partial charge in [-0.3, -0.25) is 4.90 Å². The summed E-state index contributed by atoms with van der Waals surface area (Å²) in [5, 5.41) is 3.18. The van der Waals surface area contributed by atoms with E-state index in [1.807, 2.05) is 0 Å². The molecule has 0 spiro atoms. The van der Waals surface area contributed by atoms with Crippen LogP contribution in [0.1, 0.15) is 6.42 Å². The average molecular weight is 404 g/mol. The number of nitrogens with zero attached hydrogens (tertiary/aromatic N) is 2. The van der Waals surface area contributed by atoms with Gasteiger partial charge in [-0.2, -0.15) is 4.31 Å². The summed E-state index contributed by atoms with van der Waals surface area (Å²) >= 11 is 0. The van der Waals surface area contributed by atoms with Crippen molar-refractivity contribution >= 4 is 22.4 Å². The summed E-state index contributed by atoms with van der Waals surface area (Å²) in [5.74, 6) is -7.24. The molecule has 1 atom stereocenters. The van der Waals surface area contributed by atoms with Gasteiger partial charge in [-0.25, -0.2) is 26.0 Å². The van der Waals surface area contributed by atoms with Crippen LogP contribution in [0.4, 0.5) is 17.6 Å². The second kappa shape index (κ2) is 7.75. The summed E-state index contributed by atoms with van der Waals surface area (Å²) in [6, 6.07) is -0.0802. The fraction of sp³-hybridized carbons (Fsp3) is 0.571. The number of piperazine rings is 1. The molecule has 0 radical (unpaired) electrons. The fourth-order valence-corrected chi connectivity index (χ4v) is 4.80. The van der Waals surface area contributed by atoms with E-state index in [1.54, 1.807) is 0 Å². The van der Waals surface area contributed by atoms with Crippen molar-refractivity contribution < 1.29 is 26.0 Å². The number of hydrogen-bond acceptors (Lipinski definition) is 4. The van der Waals surface area contributed by atoms with E-state index in [0.29, 0.717) is 6.42 Å². The summed E-state index contributed by atoms with van der Waals surface area (Å²) in [7, 11) is -4.66. The third-order valence-electron chi connectivity index (χ3n) is 4.46. The summed E-state index contributed by atoms with van der Waals surface area (Å²) in [5.41, 5.74) is 0. The first-order valence-corrected chi connectivity index (χ1v) is 9.04. The predicted octanol–water partition coefficient (Wildman–Crippen LogP) is 1.33. The van der Waals surface area contributed by atoms with Gasteiger partial charge < -0.3 is 5.32 Å². The zero-order valence-electron chi connectivity index (χ0n) is 13.1. The van der Waals surface area contributed by atoms with Gasteiger partial charge in [-0.15, -0.1) is 12.4 Å². The molecule has 1 unspecified atom stereocenters. The third-order valence-corrected chi connectivity index (χ3v) is 6.35. The van der Waals surface area contributed by atoms with Crippen molar-refractivity contribution in [3.05, 3.63) is 29.3 Å². The van der Waals surface area contributed by atoms with E-state index >= 15 is 0 Å². The van der Waals surface area contributed by atoms with E-state index in [-0.39, 0.29) is 37.6 Å². The van der Waals surface area contributed by atoms with Crippen LogP contribution < -0.4 is 5.32 Å². The molecule has 5 nitrogen and oxygen atoms in total. The van der Waals surface area contributed by atoms with Crippen LogP contribution in [0, 0.1) is 23.3 Å². The Kier molecular flexibility index (Phi) is 6.31.